The molecule has 0 spiro atoms. The van der Waals surface area contributed by atoms with E-state index in [1.54, 1.807) is 24.4 Å². The Balaban J connectivity index is 0.874. The summed E-state index contributed by atoms with van der Waals surface area (Å²) < 4.78 is 15.6. The van der Waals surface area contributed by atoms with Crippen LogP contribution in [0.15, 0.2) is 36.5 Å². The number of hydrogen-bond acceptors (Lipinski definition) is 14. The van der Waals surface area contributed by atoms with E-state index < -0.39 is 29.6 Å². The van der Waals surface area contributed by atoms with E-state index in [9.17, 15) is 24.0 Å². The van der Waals surface area contributed by atoms with E-state index >= 15 is 4.39 Å². The SMILES string of the molecule is CC(=O)NC1CCCN(c2nnc(C(N)=O)c(Nc3ccc(N4CCN(CC5CCN(c6ccc(C(=O)NC7CCC(=O)NC7=O)nc6)CC5)CC4)c(F)c3)n2)C1. The van der Waals surface area contributed by atoms with Crippen molar-refractivity contribution in [3.63, 3.8) is 0 Å². The maximum atomic E-state index is 15.6. The summed E-state index contributed by atoms with van der Waals surface area (Å²) >= 11 is 0. The number of piperazine rings is 1. The molecule has 1 aromatic carbocycles. The highest BCUT2D eigenvalue weighted by Gasteiger charge is 2.30. The highest BCUT2D eigenvalue weighted by molar-refractivity contribution is 6.03. The van der Waals surface area contributed by atoms with Crippen LogP contribution in [0.4, 0.5) is 33.2 Å². The van der Waals surface area contributed by atoms with Crippen LogP contribution in [0.2, 0.25) is 0 Å². The molecule has 18 nitrogen and oxygen atoms in total. The highest BCUT2D eigenvalue weighted by atomic mass is 19.1. The van der Waals surface area contributed by atoms with E-state index in [0.29, 0.717) is 43.5 Å². The van der Waals surface area contributed by atoms with Gasteiger partial charge in [-0.15, -0.1) is 10.2 Å². The van der Waals surface area contributed by atoms with Gasteiger partial charge >= 0.3 is 0 Å². The first kappa shape index (κ1) is 39.3. The molecular formula is C38H48FN13O5. The molecule has 4 aliphatic heterocycles. The maximum Gasteiger partial charge on any atom is 0.273 e. The number of hydrogen-bond donors (Lipinski definition) is 5. The van der Waals surface area contributed by atoms with Crippen molar-refractivity contribution in [2.24, 2.45) is 11.7 Å². The number of amides is 5. The fraction of sp³-hybridized carbons (Fsp3) is 0.500. The molecule has 57 heavy (non-hydrogen) atoms. The summed E-state index contributed by atoms with van der Waals surface area (Å²) in [6.07, 6.45) is 5.80. The van der Waals surface area contributed by atoms with Gasteiger partial charge in [0, 0.05) is 84.0 Å². The summed E-state index contributed by atoms with van der Waals surface area (Å²) in [5.74, 6) is -1.76. The predicted octanol–water partition coefficient (Wildman–Crippen LogP) is 0.927. The quantitative estimate of drug-likeness (QED) is 0.171. The average molecular weight is 786 g/mol. The number of piperidine rings is 3. The number of benzene rings is 1. The zero-order valence-electron chi connectivity index (χ0n) is 31.9. The molecule has 7 rings (SSSR count). The lowest BCUT2D eigenvalue weighted by Gasteiger charge is -2.40. The first-order chi connectivity index (χ1) is 27.5. The van der Waals surface area contributed by atoms with Gasteiger partial charge in [-0.05, 0) is 68.4 Å². The molecule has 2 atom stereocenters. The monoisotopic (exact) mass is 785 g/mol. The fourth-order valence-corrected chi connectivity index (χ4v) is 7.93. The fourth-order valence-electron chi connectivity index (χ4n) is 7.93. The molecule has 19 heteroatoms. The molecule has 3 aromatic rings. The molecule has 4 fully saturated rings. The van der Waals surface area contributed by atoms with Gasteiger partial charge in [-0.25, -0.2) is 9.37 Å². The molecule has 302 valence electrons. The Labute approximate surface area is 329 Å². The van der Waals surface area contributed by atoms with Gasteiger partial charge in [-0.3, -0.25) is 34.2 Å². The third-order valence-electron chi connectivity index (χ3n) is 11.0. The van der Waals surface area contributed by atoms with E-state index in [1.165, 1.54) is 13.0 Å². The van der Waals surface area contributed by atoms with Crippen molar-refractivity contribution in [2.45, 2.75) is 57.5 Å². The zero-order valence-corrected chi connectivity index (χ0v) is 31.9. The number of carbonyl (C=O) groups excluding carboxylic acids is 5. The standard InChI is InChI=1S/C38H48FN13O5/c1-23(53)42-26-3-2-12-52(22-26)38-46-35(33(34(40)55)47-48-38)43-25-4-8-31(28(39)19-25)51-17-15-49(16-18-51)21-24-10-13-50(14-11-24)27-5-6-29(41-20-27)36(56)44-30-7-9-32(54)45-37(30)57/h4-6,8,19-20,24,26,30H,2-3,7,9-18,21-22H2,1H3,(H2,40,55)(H,42,53)(H,44,56)(H,43,46,48)(H,45,54,57). The van der Waals surface area contributed by atoms with Crippen molar-refractivity contribution < 1.29 is 28.4 Å². The molecule has 2 aromatic heterocycles. The third kappa shape index (κ3) is 9.70. The number of imide groups is 1. The van der Waals surface area contributed by atoms with Crippen LogP contribution in [0.3, 0.4) is 0 Å². The second kappa shape index (κ2) is 17.4. The zero-order chi connectivity index (χ0) is 40.1. The van der Waals surface area contributed by atoms with Crippen molar-refractivity contribution >= 4 is 58.4 Å². The molecule has 5 amide bonds. The van der Waals surface area contributed by atoms with Gasteiger partial charge < -0.3 is 36.4 Å². The van der Waals surface area contributed by atoms with E-state index in [1.807, 2.05) is 15.9 Å². The van der Waals surface area contributed by atoms with Crippen molar-refractivity contribution in [1.82, 2.24) is 41.0 Å². The second-order valence-corrected chi connectivity index (χ2v) is 15.0. The summed E-state index contributed by atoms with van der Waals surface area (Å²) in [5.41, 5.74) is 7.43. The van der Waals surface area contributed by atoms with Crippen molar-refractivity contribution in [2.75, 3.05) is 78.9 Å². The number of carbonyl (C=O) groups is 5. The van der Waals surface area contributed by atoms with Crippen LogP contribution < -0.4 is 41.7 Å². The predicted molar refractivity (Wildman–Crippen MR) is 209 cm³/mol. The van der Waals surface area contributed by atoms with Gasteiger partial charge in [0.25, 0.3) is 11.8 Å². The van der Waals surface area contributed by atoms with Crippen LogP contribution in [0.25, 0.3) is 0 Å². The van der Waals surface area contributed by atoms with E-state index in [-0.39, 0.29) is 53.9 Å². The van der Waals surface area contributed by atoms with Gasteiger partial charge in [0.15, 0.2) is 11.5 Å². The van der Waals surface area contributed by atoms with E-state index in [4.69, 9.17) is 5.73 Å². The number of primary amides is 1. The summed E-state index contributed by atoms with van der Waals surface area (Å²) in [7, 11) is 0. The normalized spacial score (nSPS) is 20.8. The molecule has 4 saturated heterocycles. The number of rotatable bonds is 11. The first-order valence-electron chi connectivity index (χ1n) is 19.4. The molecule has 6 N–H and O–H groups in total. The van der Waals surface area contributed by atoms with Gasteiger partial charge in [-0.1, -0.05) is 0 Å². The first-order valence-corrected chi connectivity index (χ1v) is 19.4. The number of nitrogens with two attached hydrogens (primary N) is 1. The lowest BCUT2D eigenvalue weighted by molar-refractivity contribution is -0.134. The summed E-state index contributed by atoms with van der Waals surface area (Å²) in [6, 6.07) is 7.53. The molecular weight excluding hydrogens is 738 g/mol. The Morgan fingerprint density at radius 1 is 0.912 bits per heavy atom. The Morgan fingerprint density at radius 3 is 2.39 bits per heavy atom. The van der Waals surface area contributed by atoms with Crippen LogP contribution in [-0.4, -0.2) is 126 Å². The smallest absolute Gasteiger partial charge is 0.273 e. The van der Waals surface area contributed by atoms with Gasteiger partial charge in [-0.2, -0.15) is 4.98 Å². The molecule has 0 saturated carbocycles. The largest absolute Gasteiger partial charge is 0.370 e. The van der Waals surface area contributed by atoms with Crippen LogP contribution in [0.5, 0.6) is 0 Å². The second-order valence-electron chi connectivity index (χ2n) is 15.0. The lowest BCUT2D eigenvalue weighted by Crippen LogP contribution is -2.52. The maximum absolute atomic E-state index is 15.6. The number of nitrogens with zero attached hydrogens (tertiary/aromatic N) is 8. The minimum absolute atomic E-state index is 0.0654. The van der Waals surface area contributed by atoms with Crippen molar-refractivity contribution in [3.8, 4) is 0 Å². The summed E-state index contributed by atoms with van der Waals surface area (Å²) in [4.78, 5) is 77.3. The number of nitrogens with one attached hydrogen (secondary N) is 4. The van der Waals surface area contributed by atoms with Crippen LogP contribution in [-0.2, 0) is 14.4 Å². The van der Waals surface area contributed by atoms with Crippen molar-refractivity contribution in [1.29, 1.82) is 0 Å². The van der Waals surface area contributed by atoms with E-state index in [0.717, 1.165) is 64.1 Å². The average Bonchev–Trinajstić information content (AvgIpc) is 3.19. The van der Waals surface area contributed by atoms with Gasteiger partial charge in [0.1, 0.15) is 17.6 Å². The third-order valence-corrected chi connectivity index (χ3v) is 11.0. The van der Waals surface area contributed by atoms with Gasteiger partial charge in [0.2, 0.25) is 23.7 Å². The molecule has 0 aliphatic carbocycles. The van der Waals surface area contributed by atoms with Crippen LogP contribution in [0.1, 0.15) is 66.4 Å². The number of anilines is 5. The molecule has 0 radical (unpaired) electrons. The number of pyridine rings is 1. The molecule has 2 unspecified atom stereocenters. The minimum Gasteiger partial charge on any atom is -0.370 e. The number of aromatic nitrogens is 4. The molecule has 0 bridgehead atoms. The number of halogens is 1. The highest BCUT2D eigenvalue weighted by Crippen LogP contribution is 2.29. The Bertz CT molecular complexity index is 1990. The van der Waals surface area contributed by atoms with Gasteiger partial charge in [0.05, 0.1) is 17.6 Å². The summed E-state index contributed by atoms with van der Waals surface area (Å²) in [5, 5.41) is 19.0. The van der Waals surface area contributed by atoms with E-state index in [2.05, 4.69) is 51.2 Å². The van der Waals surface area contributed by atoms with Crippen LogP contribution in [0, 0.1) is 11.7 Å². The summed E-state index contributed by atoms with van der Waals surface area (Å²) in [6.45, 7) is 8.28. The molecule has 6 heterocycles. The van der Waals surface area contributed by atoms with Crippen LogP contribution >= 0.6 is 0 Å². The topological polar surface area (TPSA) is 224 Å². The lowest BCUT2D eigenvalue weighted by atomic mass is 9.95. The molecule has 4 aliphatic rings. The Morgan fingerprint density at radius 2 is 1.70 bits per heavy atom. The van der Waals surface area contributed by atoms with Crippen molar-refractivity contribution in [3.05, 3.63) is 53.7 Å². The Hall–Kier alpha value is -5.98. The minimum atomic E-state index is -0.819. The Kier molecular flexibility index (Phi) is 12.0.